The van der Waals surface area contributed by atoms with E-state index in [9.17, 15) is 4.79 Å². The van der Waals surface area contributed by atoms with Crippen molar-refractivity contribution >= 4 is 33.2 Å². The molecule has 2 atom stereocenters. The van der Waals surface area contributed by atoms with Crippen LogP contribution in [0.5, 0.6) is 0 Å². The first-order valence-corrected chi connectivity index (χ1v) is 6.37. The molecule has 3 nitrogen and oxygen atoms in total. The Bertz CT molecular complexity index is 379. The van der Waals surface area contributed by atoms with E-state index in [0.29, 0.717) is 5.92 Å². The summed E-state index contributed by atoms with van der Waals surface area (Å²) in [4.78, 5) is 17.9. The highest BCUT2D eigenvalue weighted by atomic mass is 79.9. The maximum atomic E-state index is 11.7. The van der Waals surface area contributed by atoms with Crippen LogP contribution >= 0.6 is 27.3 Å². The molecule has 15 heavy (non-hydrogen) atoms. The molecule has 0 unspecified atom stereocenters. The van der Waals surface area contributed by atoms with Gasteiger partial charge in [-0.05, 0) is 33.8 Å². The quantitative estimate of drug-likeness (QED) is 0.801. The Morgan fingerprint density at radius 2 is 2.47 bits per heavy atom. The Kier molecular flexibility index (Phi) is 3.13. The molecule has 1 heterocycles. The standard InChI is InChI=1S/C10H12BrNO2S/c1-12(14-2)10(13)7-5-6(7)9-8(11)3-4-15-9/h3-4,6-7H,5H2,1-2H3/t6-,7-/m0/s1. The van der Waals surface area contributed by atoms with Crippen LogP contribution in [0.15, 0.2) is 15.9 Å². The summed E-state index contributed by atoms with van der Waals surface area (Å²) in [7, 11) is 3.16. The van der Waals surface area contributed by atoms with E-state index in [0.717, 1.165) is 10.9 Å². The monoisotopic (exact) mass is 289 g/mol. The Morgan fingerprint density at radius 3 is 3.00 bits per heavy atom. The average molecular weight is 290 g/mol. The SMILES string of the molecule is CON(C)C(=O)[C@H]1C[C@@H]1c1sccc1Br. The number of hydroxylamine groups is 2. The summed E-state index contributed by atoms with van der Waals surface area (Å²) < 4.78 is 1.12. The van der Waals surface area contributed by atoms with Gasteiger partial charge in [0.05, 0.1) is 7.11 Å². The van der Waals surface area contributed by atoms with Crippen molar-refractivity contribution in [3.63, 3.8) is 0 Å². The van der Waals surface area contributed by atoms with Gasteiger partial charge in [-0.3, -0.25) is 9.63 Å². The van der Waals surface area contributed by atoms with Crippen molar-refractivity contribution in [2.24, 2.45) is 5.92 Å². The number of hydrogen-bond donors (Lipinski definition) is 0. The topological polar surface area (TPSA) is 29.5 Å². The van der Waals surface area contributed by atoms with Gasteiger partial charge in [-0.1, -0.05) is 0 Å². The van der Waals surface area contributed by atoms with Crippen molar-refractivity contribution in [1.29, 1.82) is 0 Å². The van der Waals surface area contributed by atoms with Crippen LogP contribution in [0, 0.1) is 5.92 Å². The molecule has 0 bridgehead atoms. The fraction of sp³-hybridized carbons (Fsp3) is 0.500. The van der Waals surface area contributed by atoms with Crippen LogP contribution in [0.25, 0.3) is 0 Å². The minimum Gasteiger partial charge on any atom is -0.275 e. The second-order valence-electron chi connectivity index (χ2n) is 3.60. The Labute approximate surface area is 101 Å². The summed E-state index contributed by atoms with van der Waals surface area (Å²) in [6.45, 7) is 0. The summed E-state index contributed by atoms with van der Waals surface area (Å²) in [6, 6.07) is 2.03. The largest absolute Gasteiger partial charge is 0.275 e. The van der Waals surface area contributed by atoms with E-state index in [1.54, 1.807) is 18.4 Å². The number of halogens is 1. The number of hydrogen-bond acceptors (Lipinski definition) is 3. The third-order valence-electron chi connectivity index (χ3n) is 2.67. The van der Waals surface area contributed by atoms with Crippen molar-refractivity contribution in [2.75, 3.05) is 14.2 Å². The lowest BCUT2D eigenvalue weighted by molar-refractivity contribution is -0.170. The molecule has 5 heteroatoms. The van der Waals surface area contributed by atoms with Crippen molar-refractivity contribution < 1.29 is 9.63 Å². The fourth-order valence-corrected chi connectivity index (χ4v) is 3.50. The third-order valence-corrected chi connectivity index (χ3v) is 4.68. The van der Waals surface area contributed by atoms with E-state index in [1.807, 2.05) is 11.4 Å². The summed E-state index contributed by atoms with van der Waals surface area (Å²) >= 11 is 5.19. The molecular weight excluding hydrogens is 278 g/mol. The lowest BCUT2D eigenvalue weighted by Crippen LogP contribution is -2.27. The number of thiophene rings is 1. The molecule has 0 radical (unpaired) electrons. The zero-order valence-corrected chi connectivity index (χ0v) is 11.0. The van der Waals surface area contributed by atoms with Gasteiger partial charge in [0.1, 0.15) is 0 Å². The van der Waals surface area contributed by atoms with Crippen molar-refractivity contribution in [3.05, 3.63) is 20.8 Å². The number of rotatable bonds is 3. The lowest BCUT2D eigenvalue weighted by Gasteiger charge is -2.12. The second-order valence-corrected chi connectivity index (χ2v) is 5.40. The molecule has 1 aromatic heterocycles. The van der Waals surface area contributed by atoms with Crippen LogP contribution in [0.4, 0.5) is 0 Å². The third kappa shape index (κ3) is 2.09. The maximum Gasteiger partial charge on any atom is 0.249 e. The summed E-state index contributed by atoms with van der Waals surface area (Å²) in [5.74, 6) is 0.553. The van der Waals surface area contributed by atoms with Gasteiger partial charge in [0, 0.05) is 28.2 Å². The summed E-state index contributed by atoms with van der Waals surface area (Å²) in [5.41, 5.74) is 0. The van der Waals surface area contributed by atoms with Gasteiger partial charge in [-0.25, -0.2) is 5.06 Å². The van der Waals surface area contributed by atoms with Gasteiger partial charge < -0.3 is 0 Å². The molecule has 2 rings (SSSR count). The fourth-order valence-electron chi connectivity index (χ4n) is 1.65. The van der Waals surface area contributed by atoms with E-state index >= 15 is 0 Å². The number of carbonyl (C=O) groups excluding carboxylic acids is 1. The van der Waals surface area contributed by atoms with Gasteiger partial charge in [-0.15, -0.1) is 11.3 Å². The first-order valence-electron chi connectivity index (χ1n) is 4.69. The summed E-state index contributed by atoms with van der Waals surface area (Å²) in [5, 5.41) is 3.35. The first kappa shape index (κ1) is 11.1. The maximum absolute atomic E-state index is 11.7. The van der Waals surface area contributed by atoms with Gasteiger partial charge in [-0.2, -0.15) is 0 Å². The first-order chi connectivity index (χ1) is 7.15. The molecular formula is C10H12BrNO2S. The molecule has 1 saturated carbocycles. The normalized spacial score (nSPS) is 23.9. The highest BCUT2D eigenvalue weighted by Crippen LogP contribution is 2.52. The van der Waals surface area contributed by atoms with Crippen LogP contribution in [0.1, 0.15) is 17.2 Å². The molecule has 1 aliphatic carbocycles. The number of nitrogens with zero attached hydrogens (tertiary/aromatic N) is 1. The molecule has 0 saturated heterocycles. The second kappa shape index (κ2) is 4.23. The van der Waals surface area contributed by atoms with Crippen molar-refractivity contribution in [1.82, 2.24) is 5.06 Å². The Hall–Kier alpha value is -0.390. The van der Waals surface area contributed by atoms with E-state index in [2.05, 4.69) is 15.9 Å². The minimum absolute atomic E-state index is 0.0720. The minimum atomic E-state index is 0.0720. The molecule has 1 fully saturated rings. The zero-order chi connectivity index (χ0) is 11.0. The van der Waals surface area contributed by atoms with Gasteiger partial charge in [0.15, 0.2) is 0 Å². The molecule has 82 valence electrons. The van der Waals surface area contributed by atoms with Crippen LogP contribution in [-0.2, 0) is 9.63 Å². The average Bonchev–Trinajstić information content (AvgIpc) is 2.92. The van der Waals surface area contributed by atoms with E-state index in [-0.39, 0.29) is 11.8 Å². The highest BCUT2D eigenvalue weighted by molar-refractivity contribution is 9.10. The Morgan fingerprint density at radius 1 is 1.73 bits per heavy atom. The van der Waals surface area contributed by atoms with Gasteiger partial charge >= 0.3 is 0 Å². The molecule has 0 aromatic carbocycles. The van der Waals surface area contributed by atoms with Crippen LogP contribution < -0.4 is 0 Å². The van der Waals surface area contributed by atoms with E-state index in [1.165, 1.54) is 17.1 Å². The smallest absolute Gasteiger partial charge is 0.249 e. The van der Waals surface area contributed by atoms with Gasteiger partial charge in [0.25, 0.3) is 0 Å². The van der Waals surface area contributed by atoms with Crippen LogP contribution in [0.2, 0.25) is 0 Å². The molecule has 0 aliphatic heterocycles. The number of amides is 1. The zero-order valence-electron chi connectivity index (χ0n) is 8.57. The predicted molar refractivity (Wildman–Crippen MR) is 62.6 cm³/mol. The molecule has 1 amide bonds. The predicted octanol–water partition coefficient (Wildman–Crippen LogP) is 2.63. The van der Waals surface area contributed by atoms with Crippen molar-refractivity contribution in [2.45, 2.75) is 12.3 Å². The molecule has 1 aromatic rings. The van der Waals surface area contributed by atoms with Gasteiger partial charge in [0.2, 0.25) is 5.91 Å². The van der Waals surface area contributed by atoms with E-state index < -0.39 is 0 Å². The lowest BCUT2D eigenvalue weighted by atomic mass is 10.2. The highest BCUT2D eigenvalue weighted by Gasteiger charge is 2.46. The molecule has 0 N–H and O–H groups in total. The van der Waals surface area contributed by atoms with E-state index in [4.69, 9.17) is 4.84 Å². The Balaban J connectivity index is 2.02. The van der Waals surface area contributed by atoms with Crippen LogP contribution in [0.3, 0.4) is 0 Å². The van der Waals surface area contributed by atoms with Crippen molar-refractivity contribution in [3.8, 4) is 0 Å². The molecule has 1 aliphatic rings. The summed E-state index contributed by atoms with van der Waals surface area (Å²) in [6.07, 6.45) is 0.936. The van der Waals surface area contributed by atoms with Crippen LogP contribution in [-0.4, -0.2) is 25.1 Å². The molecule has 0 spiro atoms. The number of carbonyl (C=O) groups is 1.